The molecule has 1 atom stereocenters. The van der Waals surface area contributed by atoms with Crippen molar-refractivity contribution < 1.29 is 9.53 Å². The molecule has 2 aliphatic heterocycles. The van der Waals surface area contributed by atoms with E-state index in [1.807, 2.05) is 24.0 Å². The number of nitrogens with zero attached hydrogens (tertiary/aromatic N) is 2. The zero-order valence-electron chi connectivity index (χ0n) is 13.9. The second kappa shape index (κ2) is 8.06. The molecule has 4 nitrogen and oxygen atoms in total. The minimum atomic E-state index is 0.132. The van der Waals surface area contributed by atoms with Crippen LogP contribution in [-0.2, 0) is 4.79 Å². The predicted octanol–water partition coefficient (Wildman–Crippen LogP) is 3.15. The quantitative estimate of drug-likeness (QED) is 0.800. The molecule has 126 valence electrons. The highest BCUT2D eigenvalue weighted by Gasteiger charge is 2.33. The molecule has 1 unspecified atom stereocenters. The average molecular weight is 334 g/mol. The van der Waals surface area contributed by atoms with Gasteiger partial charge >= 0.3 is 0 Å². The summed E-state index contributed by atoms with van der Waals surface area (Å²) in [4.78, 5) is 16.8. The largest absolute Gasteiger partial charge is 0.494 e. The first-order valence-electron chi connectivity index (χ1n) is 8.64. The van der Waals surface area contributed by atoms with E-state index in [1.165, 1.54) is 37.9 Å². The lowest BCUT2D eigenvalue weighted by Gasteiger charge is -2.30. The standard InChI is InChI=1S/C18H26N2O2S/c1-2-22-16-8-6-7-15(13-16)18-20(17(21)14-23-18)12-11-19-9-4-3-5-10-19/h6-8,13,18H,2-5,9-12,14H2,1H3. The number of hydrogen-bond donors (Lipinski definition) is 0. The number of ether oxygens (including phenoxy) is 1. The first-order chi connectivity index (χ1) is 11.3. The van der Waals surface area contributed by atoms with Gasteiger partial charge in [-0.3, -0.25) is 4.79 Å². The van der Waals surface area contributed by atoms with Crippen molar-refractivity contribution in [2.75, 3.05) is 38.5 Å². The minimum Gasteiger partial charge on any atom is -0.494 e. The maximum absolute atomic E-state index is 12.3. The Hall–Kier alpha value is -1.20. The number of carbonyl (C=O) groups excluding carboxylic acids is 1. The van der Waals surface area contributed by atoms with E-state index in [4.69, 9.17) is 4.74 Å². The van der Waals surface area contributed by atoms with Crippen LogP contribution in [0.4, 0.5) is 0 Å². The van der Waals surface area contributed by atoms with Gasteiger partial charge in [0.2, 0.25) is 5.91 Å². The zero-order valence-corrected chi connectivity index (χ0v) is 14.7. The normalized spacial score (nSPS) is 22.6. The molecular formula is C18H26N2O2S. The van der Waals surface area contributed by atoms with Crippen LogP contribution in [0.25, 0.3) is 0 Å². The third kappa shape index (κ3) is 4.21. The van der Waals surface area contributed by atoms with Gasteiger partial charge in [0.15, 0.2) is 0 Å². The molecule has 3 rings (SSSR count). The Morgan fingerprint density at radius 3 is 2.83 bits per heavy atom. The Morgan fingerprint density at radius 1 is 1.22 bits per heavy atom. The maximum Gasteiger partial charge on any atom is 0.233 e. The SMILES string of the molecule is CCOc1cccc(C2SCC(=O)N2CCN2CCCCC2)c1. The molecule has 0 N–H and O–H groups in total. The van der Waals surface area contributed by atoms with Gasteiger partial charge in [-0.1, -0.05) is 18.6 Å². The van der Waals surface area contributed by atoms with E-state index in [9.17, 15) is 4.79 Å². The van der Waals surface area contributed by atoms with Gasteiger partial charge in [-0.15, -0.1) is 11.8 Å². The summed E-state index contributed by atoms with van der Waals surface area (Å²) in [5, 5.41) is 0.132. The van der Waals surface area contributed by atoms with Gasteiger partial charge in [-0.25, -0.2) is 0 Å². The van der Waals surface area contributed by atoms with Crippen LogP contribution in [0.1, 0.15) is 37.1 Å². The molecular weight excluding hydrogens is 308 g/mol. The summed E-state index contributed by atoms with van der Waals surface area (Å²) in [5.41, 5.74) is 1.17. The van der Waals surface area contributed by atoms with Crippen molar-refractivity contribution in [3.63, 3.8) is 0 Å². The molecule has 0 spiro atoms. The van der Waals surface area contributed by atoms with Gasteiger partial charge in [0.1, 0.15) is 11.1 Å². The predicted molar refractivity (Wildman–Crippen MR) is 94.8 cm³/mol. The lowest BCUT2D eigenvalue weighted by atomic mass is 10.1. The van der Waals surface area contributed by atoms with E-state index in [0.717, 1.165) is 18.8 Å². The Bertz CT molecular complexity index is 532. The zero-order chi connectivity index (χ0) is 16.1. The number of rotatable bonds is 6. The van der Waals surface area contributed by atoms with Crippen molar-refractivity contribution in [2.45, 2.75) is 31.6 Å². The first kappa shape index (κ1) is 16.7. The maximum atomic E-state index is 12.3. The summed E-state index contributed by atoms with van der Waals surface area (Å²) >= 11 is 1.73. The fourth-order valence-corrected chi connectivity index (χ4v) is 4.54. The Balaban J connectivity index is 1.65. The van der Waals surface area contributed by atoms with Crippen molar-refractivity contribution in [3.05, 3.63) is 29.8 Å². The topological polar surface area (TPSA) is 32.8 Å². The van der Waals surface area contributed by atoms with E-state index in [2.05, 4.69) is 17.0 Å². The molecule has 23 heavy (non-hydrogen) atoms. The molecule has 2 aliphatic rings. The molecule has 0 aromatic heterocycles. The van der Waals surface area contributed by atoms with E-state index < -0.39 is 0 Å². The van der Waals surface area contributed by atoms with Crippen LogP contribution in [0.3, 0.4) is 0 Å². The summed E-state index contributed by atoms with van der Waals surface area (Å²) in [7, 11) is 0. The molecule has 2 heterocycles. The smallest absolute Gasteiger partial charge is 0.233 e. The van der Waals surface area contributed by atoms with Crippen LogP contribution >= 0.6 is 11.8 Å². The molecule has 0 aliphatic carbocycles. The van der Waals surface area contributed by atoms with E-state index in [0.29, 0.717) is 12.4 Å². The molecule has 0 saturated carbocycles. The summed E-state index contributed by atoms with van der Waals surface area (Å²) < 4.78 is 5.60. The molecule has 5 heteroatoms. The molecule has 2 fully saturated rings. The van der Waals surface area contributed by atoms with Crippen molar-refractivity contribution in [1.29, 1.82) is 0 Å². The first-order valence-corrected chi connectivity index (χ1v) is 9.69. The van der Waals surface area contributed by atoms with Crippen LogP contribution < -0.4 is 4.74 Å². The van der Waals surface area contributed by atoms with E-state index in [1.54, 1.807) is 11.8 Å². The average Bonchev–Trinajstić information content (AvgIpc) is 2.95. The van der Waals surface area contributed by atoms with Crippen LogP contribution in [0.5, 0.6) is 5.75 Å². The fraction of sp³-hybridized carbons (Fsp3) is 0.611. The number of carbonyl (C=O) groups is 1. The van der Waals surface area contributed by atoms with E-state index >= 15 is 0 Å². The highest BCUT2D eigenvalue weighted by molar-refractivity contribution is 8.00. The van der Waals surface area contributed by atoms with Gasteiger partial charge in [0.05, 0.1) is 12.4 Å². The van der Waals surface area contributed by atoms with Gasteiger partial charge in [-0.05, 0) is 50.6 Å². The molecule has 1 aromatic rings. The second-order valence-electron chi connectivity index (χ2n) is 6.16. The molecule has 2 saturated heterocycles. The summed E-state index contributed by atoms with van der Waals surface area (Å²) in [6.45, 7) is 6.84. The number of thioether (sulfide) groups is 1. The van der Waals surface area contributed by atoms with Crippen LogP contribution in [0.2, 0.25) is 0 Å². The number of piperidine rings is 1. The minimum absolute atomic E-state index is 0.132. The van der Waals surface area contributed by atoms with Crippen molar-refractivity contribution in [2.24, 2.45) is 0 Å². The monoisotopic (exact) mass is 334 g/mol. The number of hydrogen-bond acceptors (Lipinski definition) is 4. The van der Waals surface area contributed by atoms with Crippen molar-refractivity contribution in [3.8, 4) is 5.75 Å². The van der Waals surface area contributed by atoms with Crippen molar-refractivity contribution in [1.82, 2.24) is 9.80 Å². The molecule has 0 radical (unpaired) electrons. The third-order valence-electron chi connectivity index (χ3n) is 4.53. The van der Waals surface area contributed by atoms with Gasteiger partial charge < -0.3 is 14.5 Å². The second-order valence-corrected chi connectivity index (χ2v) is 7.23. The molecule has 0 bridgehead atoms. The van der Waals surface area contributed by atoms with Gasteiger partial charge in [0.25, 0.3) is 0 Å². The van der Waals surface area contributed by atoms with Gasteiger partial charge in [-0.2, -0.15) is 0 Å². The number of likely N-dealkylation sites (tertiary alicyclic amines) is 1. The summed E-state index contributed by atoms with van der Waals surface area (Å²) in [6, 6.07) is 8.18. The Kier molecular flexibility index (Phi) is 5.84. The highest BCUT2D eigenvalue weighted by atomic mass is 32.2. The molecule has 1 amide bonds. The van der Waals surface area contributed by atoms with E-state index in [-0.39, 0.29) is 11.3 Å². The fourth-order valence-electron chi connectivity index (χ4n) is 3.33. The number of benzene rings is 1. The highest BCUT2D eigenvalue weighted by Crippen LogP contribution is 2.39. The summed E-state index contributed by atoms with van der Waals surface area (Å²) in [5.74, 6) is 1.74. The summed E-state index contributed by atoms with van der Waals surface area (Å²) in [6.07, 6.45) is 3.94. The van der Waals surface area contributed by atoms with Crippen LogP contribution in [0, 0.1) is 0 Å². The molecule has 1 aromatic carbocycles. The van der Waals surface area contributed by atoms with Gasteiger partial charge in [0, 0.05) is 13.1 Å². The number of amides is 1. The Labute approximate surface area is 143 Å². The van der Waals surface area contributed by atoms with Crippen molar-refractivity contribution >= 4 is 17.7 Å². The lowest BCUT2D eigenvalue weighted by molar-refractivity contribution is -0.128. The van der Waals surface area contributed by atoms with Crippen LogP contribution in [-0.4, -0.2) is 54.2 Å². The third-order valence-corrected chi connectivity index (χ3v) is 5.78. The van der Waals surface area contributed by atoms with Crippen LogP contribution in [0.15, 0.2) is 24.3 Å². The Morgan fingerprint density at radius 2 is 2.04 bits per heavy atom. The lowest BCUT2D eigenvalue weighted by Crippen LogP contribution is -2.39.